The average molecular weight is 922 g/mol. The molecule has 5 aromatic rings. The Morgan fingerprint density at radius 1 is 0.912 bits per heavy atom. The van der Waals surface area contributed by atoms with Crippen LogP contribution < -0.4 is 25.3 Å². The van der Waals surface area contributed by atoms with E-state index in [0.717, 1.165) is 101 Å². The third-order valence-electron chi connectivity index (χ3n) is 14.7. The SMILES string of the molecule is CC(C)C(C(=O)N1C[C@H](O)C[C@H]1C(=O)NCc1ccc(C#N)cc1)c1cc(N2CCC(N3CCC(c4cnc(N5CCN6c7cc(-c8ccccc8O)nnc7NC[C@H]6C5)nc4)CC3)CC2)no1. The van der Waals surface area contributed by atoms with Crippen molar-refractivity contribution in [2.75, 3.05) is 78.9 Å². The van der Waals surface area contributed by atoms with Crippen molar-refractivity contribution in [3.63, 3.8) is 0 Å². The van der Waals surface area contributed by atoms with Gasteiger partial charge in [0.2, 0.25) is 17.8 Å². The molecule has 4 saturated heterocycles. The topological polar surface area (TPSA) is 216 Å². The number of nitrogens with one attached hydrogen (secondary N) is 2. The molecule has 4 N–H and O–H groups in total. The van der Waals surface area contributed by atoms with E-state index in [9.17, 15) is 19.8 Å². The zero-order valence-electron chi connectivity index (χ0n) is 38.6. The van der Waals surface area contributed by atoms with Gasteiger partial charge in [-0.2, -0.15) is 5.26 Å². The maximum Gasteiger partial charge on any atom is 0.243 e. The van der Waals surface area contributed by atoms with Crippen LogP contribution in [-0.4, -0.2) is 140 Å². The number of nitrogens with zero attached hydrogens (tertiary/aromatic N) is 11. The van der Waals surface area contributed by atoms with Crippen LogP contribution in [0, 0.1) is 17.2 Å². The number of para-hydroxylation sites is 1. The molecular weight excluding hydrogens is 863 g/mol. The zero-order valence-corrected chi connectivity index (χ0v) is 38.6. The molecule has 18 nitrogen and oxygen atoms in total. The van der Waals surface area contributed by atoms with E-state index in [1.54, 1.807) is 36.4 Å². The fourth-order valence-corrected chi connectivity index (χ4v) is 10.9. The van der Waals surface area contributed by atoms with Gasteiger partial charge in [0.25, 0.3) is 0 Å². The number of carbonyl (C=O) groups is 2. The Morgan fingerprint density at radius 2 is 1.68 bits per heavy atom. The number of aromatic hydroxyl groups is 1. The lowest BCUT2D eigenvalue weighted by atomic mass is 9.89. The van der Waals surface area contributed by atoms with Crippen LogP contribution in [0.1, 0.15) is 80.2 Å². The predicted octanol–water partition coefficient (Wildman–Crippen LogP) is 4.49. The number of aromatic nitrogens is 5. The largest absolute Gasteiger partial charge is 0.507 e. The van der Waals surface area contributed by atoms with Crippen molar-refractivity contribution < 1.29 is 24.3 Å². The quantitative estimate of drug-likeness (QED) is 0.144. The second-order valence-corrected chi connectivity index (χ2v) is 19.2. The number of fused-ring (bicyclic) bond motifs is 3. The first-order valence-electron chi connectivity index (χ1n) is 24.0. The van der Waals surface area contributed by atoms with Gasteiger partial charge in [-0.05, 0) is 92.1 Å². The van der Waals surface area contributed by atoms with Gasteiger partial charge in [0.1, 0.15) is 17.7 Å². The van der Waals surface area contributed by atoms with Crippen molar-refractivity contribution in [3.8, 4) is 23.1 Å². The number of amides is 2. The molecule has 354 valence electrons. The van der Waals surface area contributed by atoms with Gasteiger partial charge in [-0.25, -0.2) is 9.97 Å². The second-order valence-electron chi connectivity index (χ2n) is 19.2. The van der Waals surface area contributed by atoms with Crippen molar-refractivity contribution in [2.45, 2.75) is 88.6 Å². The molecule has 4 atom stereocenters. The second kappa shape index (κ2) is 19.4. The smallest absolute Gasteiger partial charge is 0.243 e. The standard InChI is InChI=1S/C50H59N13O5/c1-31(2)46(49(67)63-30-38(64)21-42(63)48(66)53-25-33-9-7-32(24-51)8-10-33)44-23-45(58-68-44)60-17-13-36(14-18-60)59-15-11-34(12-16-59)35-26-54-50(55-27-35)61-19-20-62-37(29-61)28-52-47-41(62)22-40(56-57-47)39-5-3-4-6-43(39)65/h3-10,22-23,26-27,31,34,36-38,42,46,64-65H,11-21,25,28-30H2,1-2H3,(H,52,57)(H,53,66)/t37-,38+,42-,46?/m0/s1. The number of rotatable bonds is 11. The van der Waals surface area contributed by atoms with E-state index in [4.69, 9.17) is 19.8 Å². The molecule has 0 spiro atoms. The van der Waals surface area contributed by atoms with Crippen molar-refractivity contribution in [1.82, 2.24) is 40.4 Å². The molecule has 4 fully saturated rings. The summed E-state index contributed by atoms with van der Waals surface area (Å²) in [6.45, 7) is 11.0. The molecule has 0 bridgehead atoms. The number of likely N-dealkylation sites (tertiary alicyclic amines) is 2. The maximum atomic E-state index is 14.2. The number of β-amino-alcohol motifs (C(OH)–C–C–N with tert-alkyl or cyclic N) is 1. The average Bonchev–Trinajstić information content (AvgIpc) is 4.03. The minimum Gasteiger partial charge on any atom is -0.507 e. The summed E-state index contributed by atoms with van der Waals surface area (Å²) in [5.74, 6) is 1.91. The van der Waals surface area contributed by atoms with Gasteiger partial charge >= 0.3 is 0 Å². The van der Waals surface area contributed by atoms with Gasteiger partial charge in [0, 0.05) is 88.8 Å². The number of piperazine rings is 1. The minimum atomic E-state index is -0.811. The molecule has 8 heterocycles. The number of nitriles is 1. The van der Waals surface area contributed by atoms with Gasteiger partial charge in [-0.1, -0.05) is 43.3 Å². The number of benzene rings is 2. The van der Waals surface area contributed by atoms with Gasteiger partial charge in [0.15, 0.2) is 17.4 Å². The summed E-state index contributed by atoms with van der Waals surface area (Å²) < 4.78 is 5.90. The number of anilines is 4. The molecule has 0 aliphatic carbocycles. The Labute approximate surface area is 395 Å². The Bertz CT molecular complexity index is 2620. The van der Waals surface area contributed by atoms with E-state index < -0.39 is 18.1 Å². The molecule has 2 aromatic carbocycles. The van der Waals surface area contributed by atoms with E-state index >= 15 is 0 Å². The molecule has 10 rings (SSSR count). The summed E-state index contributed by atoms with van der Waals surface area (Å²) in [5, 5.41) is 49.8. The summed E-state index contributed by atoms with van der Waals surface area (Å²) in [6, 6.07) is 20.0. The normalized spacial score (nSPS) is 21.8. The van der Waals surface area contributed by atoms with Crippen molar-refractivity contribution >= 4 is 35.1 Å². The van der Waals surface area contributed by atoms with Crippen LogP contribution in [0.15, 0.2) is 77.6 Å². The van der Waals surface area contributed by atoms with E-state index in [1.807, 2.05) is 50.5 Å². The number of phenols is 1. The van der Waals surface area contributed by atoms with Crippen molar-refractivity contribution in [2.24, 2.45) is 5.92 Å². The number of aliphatic hydroxyl groups is 1. The molecule has 2 amide bonds. The number of carbonyl (C=O) groups excluding carboxylic acids is 2. The van der Waals surface area contributed by atoms with E-state index in [2.05, 4.69) is 51.7 Å². The van der Waals surface area contributed by atoms with Crippen LogP contribution >= 0.6 is 0 Å². The Morgan fingerprint density at radius 3 is 2.41 bits per heavy atom. The highest BCUT2D eigenvalue weighted by Gasteiger charge is 2.44. The number of piperidine rings is 2. The monoisotopic (exact) mass is 921 g/mol. The molecule has 68 heavy (non-hydrogen) atoms. The summed E-state index contributed by atoms with van der Waals surface area (Å²) in [6.07, 6.45) is 7.54. The predicted molar refractivity (Wildman–Crippen MR) is 255 cm³/mol. The molecule has 0 radical (unpaired) electrons. The lowest BCUT2D eigenvalue weighted by molar-refractivity contribution is -0.141. The molecule has 3 aromatic heterocycles. The first-order valence-corrected chi connectivity index (χ1v) is 24.0. The van der Waals surface area contributed by atoms with Crippen LogP contribution in [0.4, 0.5) is 23.3 Å². The first kappa shape index (κ1) is 45.0. The van der Waals surface area contributed by atoms with Gasteiger partial charge in [-0.3, -0.25) is 9.59 Å². The summed E-state index contributed by atoms with van der Waals surface area (Å²) in [4.78, 5) is 48.4. The van der Waals surface area contributed by atoms with Crippen molar-refractivity contribution in [3.05, 3.63) is 95.5 Å². The van der Waals surface area contributed by atoms with Crippen molar-refractivity contribution in [1.29, 1.82) is 5.26 Å². The Balaban J connectivity index is 0.692. The highest BCUT2D eigenvalue weighted by molar-refractivity contribution is 5.91. The molecular formula is C50H59N13O5. The van der Waals surface area contributed by atoms with E-state index in [1.165, 1.54) is 10.5 Å². The van der Waals surface area contributed by atoms with Gasteiger partial charge in [-0.15, -0.1) is 10.2 Å². The molecule has 0 saturated carbocycles. The third-order valence-corrected chi connectivity index (χ3v) is 14.7. The summed E-state index contributed by atoms with van der Waals surface area (Å²) >= 11 is 0. The summed E-state index contributed by atoms with van der Waals surface area (Å²) in [7, 11) is 0. The van der Waals surface area contributed by atoms with Crippen LogP contribution in [0.2, 0.25) is 0 Å². The lowest BCUT2D eigenvalue weighted by Crippen LogP contribution is -2.58. The fraction of sp³-hybridized carbons (Fsp3) is 0.480. The number of aliphatic hydroxyl groups excluding tert-OH is 1. The van der Waals surface area contributed by atoms with E-state index in [0.29, 0.717) is 40.4 Å². The van der Waals surface area contributed by atoms with Gasteiger partial charge < -0.3 is 49.9 Å². The van der Waals surface area contributed by atoms with Gasteiger partial charge in [0.05, 0.1) is 35.2 Å². The highest BCUT2D eigenvalue weighted by Crippen LogP contribution is 2.38. The zero-order chi connectivity index (χ0) is 46.9. The number of hydrogen-bond donors (Lipinski definition) is 4. The molecule has 18 heteroatoms. The highest BCUT2D eigenvalue weighted by atomic mass is 16.5. The maximum absolute atomic E-state index is 14.2. The Hall–Kier alpha value is -6.84. The van der Waals surface area contributed by atoms with E-state index in [-0.39, 0.29) is 49.0 Å². The third kappa shape index (κ3) is 9.24. The first-order chi connectivity index (χ1) is 33.1. The molecule has 5 aliphatic rings. The van der Waals surface area contributed by atoms with Crippen LogP contribution in [0.25, 0.3) is 11.3 Å². The van der Waals surface area contributed by atoms with Crippen LogP contribution in [-0.2, 0) is 16.1 Å². The van der Waals surface area contributed by atoms with Crippen LogP contribution in [0.5, 0.6) is 5.75 Å². The molecule has 1 unspecified atom stereocenters. The summed E-state index contributed by atoms with van der Waals surface area (Å²) in [5.41, 5.74) is 4.87. The number of hydrogen-bond acceptors (Lipinski definition) is 16. The Kier molecular flexibility index (Phi) is 12.8. The number of phenolic OH excluding ortho intramolecular Hbond substituents is 1. The lowest BCUT2D eigenvalue weighted by Gasteiger charge is -2.45. The molecule has 5 aliphatic heterocycles. The van der Waals surface area contributed by atoms with Crippen LogP contribution in [0.3, 0.4) is 0 Å². The fourth-order valence-electron chi connectivity index (χ4n) is 10.9. The minimum absolute atomic E-state index is 0.0685.